The summed E-state index contributed by atoms with van der Waals surface area (Å²) in [6, 6.07) is 0.0413. The number of thioether (sulfide) groups is 1. The van der Waals surface area contributed by atoms with Gasteiger partial charge in [-0.3, -0.25) is 4.79 Å². The minimum Gasteiger partial charge on any atom is -0.481 e. The van der Waals surface area contributed by atoms with Crippen molar-refractivity contribution in [3.05, 3.63) is 0 Å². The lowest BCUT2D eigenvalue weighted by Crippen LogP contribution is -2.53. The number of carbonyl (C=O) groups is 2. The summed E-state index contributed by atoms with van der Waals surface area (Å²) >= 11 is 1.73. The summed E-state index contributed by atoms with van der Waals surface area (Å²) in [6.45, 7) is 0.654. The van der Waals surface area contributed by atoms with E-state index in [0.717, 1.165) is 24.3 Å². The Morgan fingerprint density at radius 2 is 2.00 bits per heavy atom. The molecule has 2 rings (SSSR count). The largest absolute Gasteiger partial charge is 0.481 e. The molecule has 108 valence electrons. The maximum Gasteiger partial charge on any atom is 0.317 e. The average molecular weight is 286 g/mol. The first-order chi connectivity index (χ1) is 9.16. The Morgan fingerprint density at radius 1 is 1.26 bits per heavy atom. The van der Waals surface area contributed by atoms with Gasteiger partial charge in [0, 0.05) is 24.1 Å². The van der Waals surface area contributed by atoms with E-state index in [1.165, 1.54) is 19.3 Å². The molecule has 2 N–H and O–H groups in total. The summed E-state index contributed by atoms with van der Waals surface area (Å²) in [5.41, 5.74) is 0. The topological polar surface area (TPSA) is 69.6 Å². The second-order valence-electron chi connectivity index (χ2n) is 5.30. The third-order valence-electron chi connectivity index (χ3n) is 3.83. The number of nitrogens with one attached hydrogen (secondary N) is 1. The first kappa shape index (κ1) is 14.5. The number of carboxylic acid groups (broad SMARTS) is 1. The molecule has 0 aromatic carbocycles. The molecule has 0 radical (unpaired) electrons. The highest BCUT2D eigenvalue weighted by molar-refractivity contribution is 7.99. The van der Waals surface area contributed by atoms with E-state index in [-0.39, 0.29) is 24.5 Å². The van der Waals surface area contributed by atoms with E-state index in [1.807, 2.05) is 0 Å². The van der Waals surface area contributed by atoms with Crippen LogP contribution in [-0.2, 0) is 4.79 Å². The van der Waals surface area contributed by atoms with Gasteiger partial charge in [-0.05, 0) is 12.8 Å². The van der Waals surface area contributed by atoms with Gasteiger partial charge in [-0.25, -0.2) is 4.79 Å². The number of amides is 2. The Labute approximate surface area is 118 Å². The van der Waals surface area contributed by atoms with Gasteiger partial charge in [0.25, 0.3) is 0 Å². The van der Waals surface area contributed by atoms with Gasteiger partial charge < -0.3 is 15.3 Å². The molecular formula is C13H22N2O3S. The zero-order chi connectivity index (χ0) is 13.7. The lowest BCUT2D eigenvalue weighted by Gasteiger charge is -2.36. The van der Waals surface area contributed by atoms with Crippen molar-refractivity contribution >= 4 is 23.8 Å². The van der Waals surface area contributed by atoms with Gasteiger partial charge in [0.1, 0.15) is 0 Å². The van der Waals surface area contributed by atoms with Crippen molar-refractivity contribution in [3.63, 3.8) is 0 Å². The molecule has 0 bridgehead atoms. The molecular weight excluding hydrogens is 264 g/mol. The van der Waals surface area contributed by atoms with Gasteiger partial charge in [-0.2, -0.15) is 11.8 Å². The molecule has 0 aromatic rings. The van der Waals surface area contributed by atoms with E-state index < -0.39 is 5.97 Å². The predicted molar refractivity (Wildman–Crippen MR) is 75.5 cm³/mol. The Morgan fingerprint density at radius 3 is 2.68 bits per heavy atom. The molecule has 1 atom stereocenters. The van der Waals surface area contributed by atoms with Crippen LogP contribution in [0, 0.1) is 0 Å². The van der Waals surface area contributed by atoms with Crippen LogP contribution in [0.2, 0.25) is 0 Å². The highest BCUT2D eigenvalue weighted by Gasteiger charge is 2.30. The van der Waals surface area contributed by atoms with E-state index in [0.29, 0.717) is 6.54 Å². The molecule has 5 nitrogen and oxygen atoms in total. The van der Waals surface area contributed by atoms with Gasteiger partial charge in [-0.15, -0.1) is 0 Å². The summed E-state index contributed by atoms with van der Waals surface area (Å²) < 4.78 is 0. The highest BCUT2D eigenvalue weighted by atomic mass is 32.2. The zero-order valence-electron chi connectivity index (χ0n) is 11.1. The summed E-state index contributed by atoms with van der Waals surface area (Å²) in [4.78, 5) is 24.9. The first-order valence-electron chi connectivity index (χ1n) is 7.03. The van der Waals surface area contributed by atoms with Crippen LogP contribution in [0.15, 0.2) is 0 Å². The quantitative estimate of drug-likeness (QED) is 0.831. The van der Waals surface area contributed by atoms with Crippen molar-refractivity contribution in [2.75, 3.05) is 18.1 Å². The summed E-state index contributed by atoms with van der Waals surface area (Å²) in [5.74, 6) is 0.793. The first-order valence-corrected chi connectivity index (χ1v) is 8.19. The number of hydrogen-bond acceptors (Lipinski definition) is 3. The predicted octanol–water partition coefficient (Wildman–Crippen LogP) is 1.92. The van der Waals surface area contributed by atoms with Crippen LogP contribution in [0.5, 0.6) is 0 Å². The zero-order valence-corrected chi connectivity index (χ0v) is 12.0. The van der Waals surface area contributed by atoms with Crippen LogP contribution in [0.3, 0.4) is 0 Å². The molecule has 2 aliphatic rings. The number of aliphatic carboxylic acids is 1. The van der Waals surface area contributed by atoms with E-state index in [9.17, 15) is 9.59 Å². The van der Waals surface area contributed by atoms with Crippen LogP contribution in [0.1, 0.15) is 38.5 Å². The van der Waals surface area contributed by atoms with Crippen molar-refractivity contribution in [2.24, 2.45) is 0 Å². The Bertz CT molecular complexity index is 332. The highest BCUT2D eigenvalue weighted by Crippen LogP contribution is 2.21. The fourth-order valence-corrected chi connectivity index (χ4v) is 3.86. The normalized spacial score (nSPS) is 25.1. The number of hydrogen-bond donors (Lipinski definition) is 2. The minimum atomic E-state index is -0.831. The van der Waals surface area contributed by atoms with E-state index in [1.54, 1.807) is 16.7 Å². The second kappa shape index (κ2) is 7.03. The van der Waals surface area contributed by atoms with E-state index in [2.05, 4.69) is 5.32 Å². The maximum absolute atomic E-state index is 12.3. The number of carboxylic acids is 1. The molecule has 1 aliphatic heterocycles. The third-order valence-corrected chi connectivity index (χ3v) is 4.92. The van der Waals surface area contributed by atoms with E-state index >= 15 is 0 Å². The van der Waals surface area contributed by atoms with Crippen LogP contribution >= 0.6 is 11.8 Å². The van der Waals surface area contributed by atoms with Crippen LogP contribution in [-0.4, -0.2) is 52.1 Å². The molecule has 19 heavy (non-hydrogen) atoms. The molecule has 1 unspecified atom stereocenters. The standard InChI is InChI=1S/C13H22N2O3S/c16-12(17)8-11-9-19-7-6-15(11)13(18)14-10-4-2-1-3-5-10/h10-11H,1-9H2,(H,14,18)(H,16,17). The van der Waals surface area contributed by atoms with Crippen molar-refractivity contribution < 1.29 is 14.7 Å². The maximum atomic E-state index is 12.3. The Balaban J connectivity index is 1.88. The minimum absolute atomic E-state index is 0.0467. The van der Waals surface area contributed by atoms with Gasteiger partial charge in [0.05, 0.1) is 12.5 Å². The van der Waals surface area contributed by atoms with Crippen LogP contribution < -0.4 is 5.32 Å². The lowest BCUT2D eigenvalue weighted by atomic mass is 9.96. The fourth-order valence-electron chi connectivity index (χ4n) is 2.80. The molecule has 1 saturated heterocycles. The van der Waals surface area contributed by atoms with Crippen LogP contribution in [0.4, 0.5) is 4.79 Å². The molecule has 6 heteroatoms. The third kappa shape index (κ3) is 4.30. The monoisotopic (exact) mass is 286 g/mol. The fraction of sp³-hybridized carbons (Fsp3) is 0.846. The summed E-state index contributed by atoms with van der Waals surface area (Å²) in [6.07, 6.45) is 5.77. The van der Waals surface area contributed by atoms with Gasteiger partial charge in [-0.1, -0.05) is 19.3 Å². The molecule has 2 amide bonds. The number of carbonyl (C=O) groups excluding carboxylic acids is 1. The summed E-state index contributed by atoms with van der Waals surface area (Å²) in [7, 11) is 0. The van der Waals surface area contributed by atoms with Crippen molar-refractivity contribution in [3.8, 4) is 0 Å². The van der Waals surface area contributed by atoms with Gasteiger partial charge in [0.15, 0.2) is 0 Å². The average Bonchev–Trinajstić information content (AvgIpc) is 2.39. The van der Waals surface area contributed by atoms with Crippen molar-refractivity contribution in [1.29, 1.82) is 0 Å². The summed E-state index contributed by atoms with van der Waals surface area (Å²) in [5, 5.41) is 12.0. The smallest absolute Gasteiger partial charge is 0.317 e. The van der Waals surface area contributed by atoms with Crippen molar-refractivity contribution in [2.45, 2.75) is 50.6 Å². The van der Waals surface area contributed by atoms with Gasteiger partial charge in [0.2, 0.25) is 0 Å². The molecule has 1 heterocycles. The van der Waals surface area contributed by atoms with Gasteiger partial charge >= 0.3 is 12.0 Å². The number of nitrogens with zero attached hydrogens (tertiary/aromatic N) is 1. The molecule has 0 spiro atoms. The molecule has 0 aromatic heterocycles. The molecule has 1 saturated carbocycles. The van der Waals surface area contributed by atoms with E-state index in [4.69, 9.17) is 5.11 Å². The van der Waals surface area contributed by atoms with Crippen LogP contribution in [0.25, 0.3) is 0 Å². The SMILES string of the molecule is O=C(O)CC1CSCCN1C(=O)NC1CCCCC1. The number of urea groups is 1. The second-order valence-corrected chi connectivity index (χ2v) is 6.45. The molecule has 2 fully saturated rings. The van der Waals surface area contributed by atoms with Crippen molar-refractivity contribution in [1.82, 2.24) is 10.2 Å². The molecule has 1 aliphatic carbocycles. The Hall–Kier alpha value is -0.910. The lowest BCUT2D eigenvalue weighted by molar-refractivity contribution is -0.138. The Kier molecular flexibility index (Phi) is 5.36. The number of rotatable bonds is 3.